The number of methoxy groups -OCH3 is 2. The highest BCUT2D eigenvalue weighted by molar-refractivity contribution is 6.31. The lowest BCUT2D eigenvalue weighted by atomic mass is 9.83. The third-order valence-corrected chi connectivity index (χ3v) is 6.84. The van der Waals surface area contributed by atoms with Gasteiger partial charge in [-0.05, 0) is 36.4 Å². The van der Waals surface area contributed by atoms with Crippen LogP contribution in [0.4, 0.5) is 5.69 Å². The van der Waals surface area contributed by atoms with E-state index < -0.39 is 5.91 Å². The van der Waals surface area contributed by atoms with Crippen LogP contribution < -0.4 is 14.8 Å². The Kier molecular flexibility index (Phi) is 5.88. The Labute approximate surface area is 224 Å². The van der Waals surface area contributed by atoms with Crippen molar-refractivity contribution in [3.63, 3.8) is 0 Å². The molecule has 1 aromatic heterocycles. The molecule has 0 bridgehead atoms. The molecular formula is C32H22N2O5. The van der Waals surface area contributed by atoms with Gasteiger partial charge >= 0.3 is 0 Å². The number of aromatic nitrogens is 1. The van der Waals surface area contributed by atoms with Gasteiger partial charge in [-0.3, -0.25) is 14.4 Å². The topological polar surface area (TPSA) is 94.6 Å². The van der Waals surface area contributed by atoms with Crippen LogP contribution in [-0.2, 0) is 0 Å². The first kappa shape index (κ1) is 24.1. The Balaban J connectivity index is 1.44. The first-order valence-corrected chi connectivity index (χ1v) is 12.2. The second-order valence-electron chi connectivity index (χ2n) is 9.03. The zero-order valence-electron chi connectivity index (χ0n) is 21.1. The van der Waals surface area contributed by atoms with Crippen molar-refractivity contribution in [1.29, 1.82) is 0 Å². The summed E-state index contributed by atoms with van der Waals surface area (Å²) in [6, 6.07) is 26.1. The van der Waals surface area contributed by atoms with Gasteiger partial charge in [0.05, 0.1) is 42.2 Å². The second-order valence-corrected chi connectivity index (χ2v) is 9.03. The summed E-state index contributed by atoms with van der Waals surface area (Å²) < 4.78 is 10.8. The van der Waals surface area contributed by atoms with Crippen molar-refractivity contribution in [3.05, 3.63) is 119 Å². The lowest BCUT2D eigenvalue weighted by Crippen LogP contribution is -2.24. The Bertz CT molecular complexity index is 1830. The molecule has 1 aliphatic rings. The van der Waals surface area contributed by atoms with Gasteiger partial charge in [-0.2, -0.15) is 0 Å². The molecule has 1 heterocycles. The minimum absolute atomic E-state index is 0.188. The van der Waals surface area contributed by atoms with Gasteiger partial charge in [-0.25, -0.2) is 4.98 Å². The van der Waals surface area contributed by atoms with Gasteiger partial charge in [0, 0.05) is 27.6 Å². The van der Waals surface area contributed by atoms with E-state index in [4.69, 9.17) is 14.5 Å². The normalized spacial score (nSPS) is 12.1. The molecule has 0 radical (unpaired) electrons. The number of carbonyl (C=O) groups is 3. The van der Waals surface area contributed by atoms with Crippen molar-refractivity contribution in [2.24, 2.45) is 0 Å². The Morgan fingerprint density at radius 2 is 1.41 bits per heavy atom. The number of ether oxygens (including phenoxy) is 2. The summed E-state index contributed by atoms with van der Waals surface area (Å²) in [7, 11) is 3.12. The van der Waals surface area contributed by atoms with E-state index in [-0.39, 0.29) is 28.4 Å². The highest BCUT2D eigenvalue weighted by Crippen LogP contribution is 2.35. The Morgan fingerprint density at radius 3 is 2.18 bits per heavy atom. The maximum absolute atomic E-state index is 13.8. The molecule has 1 N–H and O–H groups in total. The number of hydrogen-bond acceptors (Lipinski definition) is 6. The largest absolute Gasteiger partial charge is 0.493 e. The van der Waals surface area contributed by atoms with E-state index in [1.54, 1.807) is 74.9 Å². The van der Waals surface area contributed by atoms with Crippen LogP contribution in [0.5, 0.6) is 11.5 Å². The van der Waals surface area contributed by atoms with E-state index in [1.165, 1.54) is 0 Å². The molecule has 7 heteroatoms. The van der Waals surface area contributed by atoms with Crippen LogP contribution in [0.15, 0.2) is 91.0 Å². The molecule has 0 saturated carbocycles. The van der Waals surface area contributed by atoms with E-state index in [0.717, 1.165) is 5.56 Å². The summed E-state index contributed by atoms with van der Waals surface area (Å²) in [5, 5.41) is 3.55. The number of rotatable bonds is 5. The molecular weight excluding hydrogens is 492 g/mol. The maximum atomic E-state index is 13.8. The lowest BCUT2D eigenvalue weighted by molar-refractivity contribution is 0.0978. The average Bonchev–Trinajstić information content (AvgIpc) is 2.98. The second kappa shape index (κ2) is 9.54. The number of fused-ring (bicyclic) bond motifs is 3. The average molecular weight is 515 g/mol. The van der Waals surface area contributed by atoms with Gasteiger partial charge in [-0.15, -0.1) is 0 Å². The van der Waals surface area contributed by atoms with Gasteiger partial charge < -0.3 is 14.8 Å². The molecule has 0 spiro atoms. The predicted molar refractivity (Wildman–Crippen MR) is 148 cm³/mol. The molecule has 0 fully saturated rings. The van der Waals surface area contributed by atoms with Gasteiger partial charge in [0.2, 0.25) is 0 Å². The molecule has 0 saturated heterocycles. The smallest absolute Gasteiger partial charge is 0.256 e. The van der Waals surface area contributed by atoms with Crippen LogP contribution in [0.25, 0.3) is 22.2 Å². The molecule has 1 aliphatic carbocycles. The van der Waals surface area contributed by atoms with Crippen LogP contribution in [-0.4, -0.2) is 36.7 Å². The molecule has 190 valence electrons. The van der Waals surface area contributed by atoms with Gasteiger partial charge in [0.25, 0.3) is 5.91 Å². The van der Waals surface area contributed by atoms with Crippen LogP contribution in [0.2, 0.25) is 0 Å². The lowest BCUT2D eigenvalue weighted by Gasteiger charge is -2.20. The zero-order valence-corrected chi connectivity index (χ0v) is 21.1. The number of nitrogens with zero attached hydrogens (tertiary/aromatic N) is 1. The number of nitrogens with one attached hydrogen (secondary N) is 1. The molecule has 7 nitrogen and oxygen atoms in total. The van der Waals surface area contributed by atoms with Crippen molar-refractivity contribution < 1.29 is 23.9 Å². The van der Waals surface area contributed by atoms with E-state index in [0.29, 0.717) is 44.8 Å². The van der Waals surface area contributed by atoms with Crippen LogP contribution in [0.1, 0.15) is 42.2 Å². The van der Waals surface area contributed by atoms with Crippen LogP contribution in [0.3, 0.4) is 0 Å². The van der Waals surface area contributed by atoms with Crippen LogP contribution >= 0.6 is 0 Å². The highest BCUT2D eigenvalue weighted by atomic mass is 16.5. The molecule has 4 aromatic carbocycles. The van der Waals surface area contributed by atoms with Gasteiger partial charge in [-0.1, -0.05) is 54.6 Å². The number of carbonyl (C=O) groups excluding carboxylic acids is 3. The fourth-order valence-corrected chi connectivity index (χ4v) is 4.95. The first-order valence-electron chi connectivity index (χ1n) is 12.2. The molecule has 0 atom stereocenters. The number of amides is 1. The molecule has 6 rings (SSSR count). The zero-order chi connectivity index (χ0) is 27.1. The molecule has 0 unspecified atom stereocenters. The molecule has 0 aliphatic heterocycles. The van der Waals surface area contributed by atoms with E-state index in [2.05, 4.69) is 5.32 Å². The molecule has 39 heavy (non-hydrogen) atoms. The van der Waals surface area contributed by atoms with Crippen molar-refractivity contribution in [2.75, 3.05) is 19.5 Å². The number of benzene rings is 4. The number of para-hydroxylation sites is 1. The van der Waals surface area contributed by atoms with E-state index >= 15 is 0 Å². The third-order valence-electron chi connectivity index (χ3n) is 6.84. The van der Waals surface area contributed by atoms with Gasteiger partial charge in [0.1, 0.15) is 0 Å². The Morgan fingerprint density at radius 1 is 0.718 bits per heavy atom. The quantitative estimate of drug-likeness (QED) is 0.306. The predicted octanol–water partition coefficient (Wildman–Crippen LogP) is 5.95. The van der Waals surface area contributed by atoms with Gasteiger partial charge in [0.15, 0.2) is 23.1 Å². The number of pyridine rings is 1. The number of ketones is 2. The summed E-state index contributed by atoms with van der Waals surface area (Å²) >= 11 is 0. The maximum Gasteiger partial charge on any atom is 0.256 e. The standard InChI is InChI=1S/C32H22N2O5/c1-38-27-15-14-18(16-28(27)39-2)26-17-23(19-8-5-6-12-24(19)33-26)32(37)34-25-13-7-11-22-29(25)31(36)21-10-4-3-9-20(21)30(22)35/h3-17H,1-2H3,(H,34,37). The third kappa shape index (κ3) is 4.01. The molecule has 1 amide bonds. The summed E-state index contributed by atoms with van der Waals surface area (Å²) in [6.45, 7) is 0. The molecule has 5 aromatic rings. The minimum Gasteiger partial charge on any atom is -0.493 e. The number of anilines is 1. The summed E-state index contributed by atoms with van der Waals surface area (Å²) in [5.41, 5.74) is 3.72. The Hall–Kier alpha value is -5.30. The van der Waals surface area contributed by atoms with Crippen molar-refractivity contribution in [2.45, 2.75) is 0 Å². The van der Waals surface area contributed by atoms with Crippen LogP contribution in [0, 0.1) is 0 Å². The summed E-state index contributed by atoms with van der Waals surface area (Å²) in [4.78, 5) is 45.1. The fraction of sp³-hybridized carbons (Fsp3) is 0.0625. The van der Waals surface area contributed by atoms with Crippen molar-refractivity contribution in [3.8, 4) is 22.8 Å². The highest BCUT2D eigenvalue weighted by Gasteiger charge is 2.32. The van der Waals surface area contributed by atoms with E-state index in [9.17, 15) is 14.4 Å². The van der Waals surface area contributed by atoms with E-state index in [1.807, 2.05) is 30.3 Å². The summed E-state index contributed by atoms with van der Waals surface area (Å²) in [5.74, 6) is 0.135. The van der Waals surface area contributed by atoms with Crippen molar-refractivity contribution >= 4 is 34.1 Å². The van der Waals surface area contributed by atoms with Crippen molar-refractivity contribution in [1.82, 2.24) is 4.98 Å². The monoisotopic (exact) mass is 514 g/mol. The fourth-order valence-electron chi connectivity index (χ4n) is 4.95. The SMILES string of the molecule is COc1ccc(-c2cc(C(=O)Nc3cccc4c3C(=O)c3ccccc3C4=O)c3ccccc3n2)cc1OC. The number of hydrogen-bond donors (Lipinski definition) is 1. The summed E-state index contributed by atoms with van der Waals surface area (Å²) in [6.07, 6.45) is 0. The first-order chi connectivity index (χ1) is 19.0. The minimum atomic E-state index is -0.428.